The molecule has 2 aromatic heterocycles. The number of pyridine rings is 1. The van der Waals surface area contributed by atoms with Crippen molar-refractivity contribution in [2.75, 3.05) is 7.05 Å². The maximum atomic E-state index is 15.1. The van der Waals surface area contributed by atoms with Gasteiger partial charge in [0.25, 0.3) is 5.91 Å². The fourth-order valence-electron chi connectivity index (χ4n) is 3.36. The van der Waals surface area contributed by atoms with Crippen LogP contribution in [0.5, 0.6) is 0 Å². The van der Waals surface area contributed by atoms with Gasteiger partial charge < -0.3 is 5.73 Å². The van der Waals surface area contributed by atoms with Gasteiger partial charge in [-0.15, -0.1) is 0 Å². The number of nitrogens with zero attached hydrogens (tertiary/aromatic N) is 5. The van der Waals surface area contributed by atoms with E-state index in [1.165, 1.54) is 19.2 Å². The number of benzene rings is 1. The molecule has 0 bridgehead atoms. The largest absolute Gasteiger partial charge is 0.433 e. The number of aromatic nitrogens is 3. The van der Waals surface area contributed by atoms with E-state index in [2.05, 4.69) is 19.9 Å². The van der Waals surface area contributed by atoms with Gasteiger partial charge in [0, 0.05) is 30.6 Å². The molecule has 1 amide bonds. The lowest BCUT2D eigenvalue weighted by molar-refractivity contribution is -0.141. The maximum absolute atomic E-state index is 15.1. The predicted molar refractivity (Wildman–Crippen MR) is 102 cm³/mol. The highest BCUT2D eigenvalue weighted by atomic mass is 19.4. The Bertz CT molecular complexity index is 1240. The molecule has 1 aliphatic heterocycles. The number of aliphatic imine (C=N–C) groups is 1. The summed E-state index contributed by atoms with van der Waals surface area (Å²) >= 11 is 0. The zero-order valence-electron chi connectivity index (χ0n) is 16.2. The summed E-state index contributed by atoms with van der Waals surface area (Å²) in [7, 11) is 1.26. The molecule has 0 spiro atoms. The number of guanidine groups is 1. The van der Waals surface area contributed by atoms with Crippen molar-refractivity contribution in [2.24, 2.45) is 10.7 Å². The number of amides is 1. The second-order valence-electron chi connectivity index (χ2n) is 6.89. The summed E-state index contributed by atoms with van der Waals surface area (Å²) in [6.07, 6.45) is -3.53. The quantitative estimate of drug-likeness (QED) is 0.491. The Morgan fingerprint density at radius 1 is 1.03 bits per heavy atom. The lowest BCUT2D eigenvalue weighted by atomic mass is 9.84. The summed E-state index contributed by atoms with van der Waals surface area (Å²) in [6.45, 7) is 0. The van der Waals surface area contributed by atoms with E-state index in [9.17, 15) is 22.4 Å². The molecule has 1 aromatic carbocycles. The fourth-order valence-corrected chi connectivity index (χ4v) is 3.36. The standard InChI is InChI=1S/C20H13F5N6O/c1-31-16(32)19(30-18(31)26,14-3-2-4-15(29-14)20(23,24)25)12-7-10(5-6-13(12)21)11-8-27-17(22)28-9-11/h2-9H,1H3,(H2,26,30). The van der Waals surface area contributed by atoms with E-state index in [1.54, 1.807) is 0 Å². The molecule has 3 aromatic rings. The van der Waals surface area contributed by atoms with Gasteiger partial charge in [-0.05, 0) is 29.8 Å². The van der Waals surface area contributed by atoms with E-state index in [-0.39, 0.29) is 22.6 Å². The molecule has 1 aliphatic rings. The molecular formula is C20H13F5N6O. The molecule has 0 saturated carbocycles. The first-order valence-electron chi connectivity index (χ1n) is 9.00. The zero-order chi connectivity index (χ0) is 23.3. The first-order valence-corrected chi connectivity index (χ1v) is 9.00. The van der Waals surface area contributed by atoms with Crippen LogP contribution in [0.25, 0.3) is 11.1 Å². The summed E-state index contributed by atoms with van der Waals surface area (Å²) in [6, 6.07) is 6.41. The molecule has 32 heavy (non-hydrogen) atoms. The van der Waals surface area contributed by atoms with Gasteiger partial charge >= 0.3 is 12.3 Å². The number of halogens is 5. The van der Waals surface area contributed by atoms with E-state index in [0.717, 1.165) is 41.6 Å². The van der Waals surface area contributed by atoms with Crippen LogP contribution in [0.1, 0.15) is 17.0 Å². The molecule has 4 rings (SSSR count). The Morgan fingerprint density at radius 2 is 1.72 bits per heavy atom. The van der Waals surface area contributed by atoms with Gasteiger partial charge in [0.05, 0.1) is 5.69 Å². The molecule has 164 valence electrons. The van der Waals surface area contributed by atoms with Crippen LogP contribution in [-0.4, -0.2) is 38.8 Å². The predicted octanol–water partition coefficient (Wildman–Crippen LogP) is 2.87. The minimum Gasteiger partial charge on any atom is -0.369 e. The van der Waals surface area contributed by atoms with Crippen LogP contribution in [0.15, 0.2) is 53.8 Å². The monoisotopic (exact) mass is 448 g/mol. The topological polar surface area (TPSA) is 97.4 Å². The van der Waals surface area contributed by atoms with Gasteiger partial charge in [-0.2, -0.15) is 17.6 Å². The van der Waals surface area contributed by atoms with Crippen molar-refractivity contribution in [1.29, 1.82) is 0 Å². The molecule has 3 heterocycles. The molecule has 7 nitrogen and oxygen atoms in total. The third-order valence-electron chi connectivity index (χ3n) is 4.96. The van der Waals surface area contributed by atoms with Gasteiger partial charge in [-0.3, -0.25) is 9.69 Å². The van der Waals surface area contributed by atoms with Crippen LogP contribution in [0.4, 0.5) is 22.0 Å². The summed E-state index contributed by atoms with van der Waals surface area (Å²) in [5, 5.41) is 0. The second-order valence-corrected chi connectivity index (χ2v) is 6.89. The number of alkyl halides is 3. The first-order chi connectivity index (χ1) is 15.0. The second kappa shape index (κ2) is 7.32. The molecule has 1 atom stereocenters. The lowest BCUT2D eigenvalue weighted by Gasteiger charge is -2.26. The number of carbonyl (C=O) groups is 1. The van der Waals surface area contributed by atoms with Gasteiger partial charge in [0.1, 0.15) is 11.5 Å². The van der Waals surface area contributed by atoms with Crippen LogP contribution < -0.4 is 5.73 Å². The van der Waals surface area contributed by atoms with E-state index >= 15 is 4.39 Å². The first kappa shape index (κ1) is 21.3. The Morgan fingerprint density at radius 3 is 2.31 bits per heavy atom. The van der Waals surface area contributed by atoms with E-state index in [1.807, 2.05) is 0 Å². The highest BCUT2D eigenvalue weighted by Gasteiger charge is 2.53. The third kappa shape index (κ3) is 3.33. The lowest BCUT2D eigenvalue weighted by Crippen LogP contribution is -2.42. The van der Waals surface area contributed by atoms with E-state index in [0.29, 0.717) is 0 Å². The molecule has 1 unspecified atom stereocenters. The highest BCUT2D eigenvalue weighted by molar-refractivity contribution is 6.08. The number of likely N-dealkylation sites (N-methyl/N-ethyl adjacent to an activating group) is 1. The Kier molecular flexibility index (Phi) is 4.87. The minimum absolute atomic E-state index is 0.267. The Hall–Kier alpha value is -3.96. The summed E-state index contributed by atoms with van der Waals surface area (Å²) < 4.78 is 68.0. The van der Waals surface area contributed by atoms with Gasteiger partial charge in [-0.25, -0.2) is 24.3 Å². The molecule has 0 radical (unpaired) electrons. The number of nitrogens with two attached hydrogens (primary N) is 1. The van der Waals surface area contributed by atoms with Gasteiger partial charge in [-0.1, -0.05) is 12.1 Å². The zero-order valence-corrected chi connectivity index (χ0v) is 16.2. The maximum Gasteiger partial charge on any atom is 0.433 e. The van der Waals surface area contributed by atoms with Gasteiger partial charge in [0.2, 0.25) is 5.54 Å². The molecule has 0 aliphatic carbocycles. The number of rotatable bonds is 3. The van der Waals surface area contributed by atoms with Crippen LogP contribution in [0, 0.1) is 11.9 Å². The fraction of sp³-hybridized carbons (Fsp3) is 0.150. The number of carbonyl (C=O) groups excluding carboxylic acids is 1. The van der Waals surface area contributed by atoms with Crippen LogP contribution in [-0.2, 0) is 16.5 Å². The average Bonchev–Trinajstić information content (AvgIpc) is 2.99. The van der Waals surface area contributed by atoms with Crippen molar-refractivity contribution in [1.82, 2.24) is 19.9 Å². The van der Waals surface area contributed by atoms with Crippen molar-refractivity contribution < 1.29 is 26.7 Å². The summed E-state index contributed by atoms with van der Waals surface area (Å²) in [5.41, 5.74) is 1.89. The van der Waals surface area contributed by atoms with Crippen LogP contribution in [0.3, 0.4) is 0 Å². The molecular weight excluding hydrogens is 435 g/mol. The number of hydrogen-bond acceptors (Lipinski definition) is 6. The minimum atomic E-state index is -4.81. The van der Waals surface area contributed by atoms with E-state index < -0.39 is 40.9 Å². The summed E-state index contributed by atoms with van der Waals surface area (Å²) in [4.78, 5) is 28.6. The van der Waals surface area contributed by atoms with Crippen molar-refractivity contribution in [3.63, 3.8) is 0 Å². The molecule has 0 fully saturated rings. The average molecular weight is 448 g/mol. The SMILES string of the molecule is CN1C(=O)C(c2cccc(C(F)(F)F)n2)(c2cc(-c3cnc(F)nc3)ccc2F)N=C1N. The van der Waals surface area contributed by atoms with Crippen molar-refractivity contribution in [3.8, 4) is 11.1 Å². The third-order valence-corrected chi connectivity index (χ3v) is 4.96. The molecule has 12 heteroatoms. The van der Waals surface area contributed by atoms with Crippen molar-refractivity contribution in [2.45, 2.75) is 11.7 Å². The van der Waals surface area contributed by atoms with Crippen LogP contribution >= 0.6 is 0 Å². The Labute approximate surface area is 177 Å². The van der Waals surface area contributed by atoms with Crippen molar-refractivity contribution >= 4 is 11.9 Å². The Balaban J connectivity index is 1.99. The molecule has 2 N–H and O–H groups in total. The van der Waals surface area contributed by atoms with E-state index in [4.69, 9.17) is 5.73 Å². The smallest absolute Gasteiger partial charge is 0.369 e. The number of hydrogen-bond donors (Lipinski definition) is 1. The van der Waals surface area contributed by atoms with Gasteiger partial charge in [0.15, 0.2) is 5.96 Å². The highest BCUT2D eigenvalue weighted by Crippen LogP contribution is 2.42. The normalized spacial score (nSPS) is 18.8. The molecule has 0 saturated heterocycles. The van der Waals surface area contributed by atoms with Crippen LogP contribution in [0.2, 0.25) is 0 Å². The summed E-state index contributed by atoms with van der Waals surface area (Å²) in [5.74, 6) is -2.16. The van der Waals surface area contributed by atoms with Crippen molar-refractivity contribution in [3.05, 3.63) is 77.6 Å².